The van der Waals surface area contributed by atoms with Gasteiger partial charge in [0.25, 0.3) is 11.5 Å². The van der Waals surface area contributed by atoms with E-state index in [4.69, 9.17) is 4.42 Å². The number of para-hydroxylation sites is 1. The SMILES string of the molecule is N#C/C(C(=O)NCc1ccccc1)=c1/s/c(=C/c2ccc(-c3cccc(C(F)(F)F)c3)o2)c(=O)n1-c1ccccc1. The Labute approximate surface area is 235 Å². The Balaban J connectivity index is 1.59. The maximum absolute atomic E-state index is 13.6. The first-order valence-electron chi connectivity index (χ1n) is 12.3. The quantitative estimate of drug-likeness (QED) is 0.311. The number of halogens is 3. The van der Waals surface area contributed by atoms with Crippen LogP contribution in [0.2, 0.25) is 0 Å². The van der Waals surface area contributed by atoms with Gasteiger partial charge in [0.2, 0.25) is 0 Å². The van der Waals surface area contributed by atoms with Crippen molar-refractivity contribution in [1.29, 1.82) is 5.26 Å². The van der Waals surface area contributed by atoms with Crippen molar-refractivity contribution in [1.82, 2.24) is 9.88 Å². The fourth-order valence-electron chi connectivity index (χ4n) is 4.09. The number of furan rings is 1. The molecule has 0 unspecified atom stereocenters. The summed E-state index contributed by atoms with van der Waals surface area (Å²) in [5.41, 5.74) is -0.0179. The fourth-order valence-corrected chi connectivity index (χ4v) is 5.17. The molecule has 0 aliphatic rings. The number of alkyl halides is 3. The molecule has 204 valence electrons. The Kier molecular flexibility index (Phi) is 7.72. The van der Waals surface area contributed by atoms with Crippen molar-refractivity contribution >= 4 is 28.9 Å². The molecule has 41 heavy (non-hydrogen) atoms. The minimum absolute atomic E-state index is 0.130. The smallest absolute Gasteiger partial charge is 0.416 e. The molecule has 0 bridgehead atoms. The lowest BCUT2D eigenvalue weighted by Gasteiger charge is -2.07. The molecule has 1 amide bonds. The van der Waals surface area contributed by atoms with Crippen molar-refractivity contribution in [3.63, 3.8) is 0 Å². The van der Waals surface area contributed by atoms with Gasteiger partial charge in [0, 0.05) is 18.2 Å². The lowest BCUT2D eigenvalue weighted by atomic mass is 10.1. The highest BCUT2D eigenvalue weighted by Crippen LogP contribution is 2.32. The summed E-state index contributed by atoms with van der Waals surface area (Å²) in [5.74, 6) is -0.236. The van der Waals surface area contributed by atoms with E-state index in [-0.39, 0.29) is 38.4 Å². The summed E-state index contributed by atoms with van der Waals surface area (Å²) in [6.45, 7) is 0.190. The highest BCUT2D eigenvalue weighted by atomic mass is 32.1. The van der Waals surface area contributed by atoms with Gasteiger partial charge in [-0.25, -0.2) is 0 Å². The molecular formula is C31H20F3N3O3S. The van der Waals surface area contributed by atoms with Gasteiger partial charge in [0.1, 0.15) is 22.3 Å². The van der Waals surface area contributed by atoms with Gasteiger partial charge >= 0.3 is 6.18 Å². The van der Waals surface area contributed by atoms with Crippen LogP contribution in [-0.2, 0) is 17.5 Å². The number of amides is 1. The third-order valence-corrected chi connectivity index (χ3v) is 7.15. The normalized spacial score (nSPS) is 12.6. The van der Waals surface area contributed by atoms with Gasteiger partial charge in [-0.3, -0.25) is 14.2 Å². The third-order valence-electron chi connectivity index (χ3n) is 6.06. The maximum atomic E-state index is 13.6. The van der Waals surface area contributed by atoms with E-state index in [0.717, 1.165) is 29.0 Å². The first-order valence-corrected chi connectivity index (χ1v) is 13.1. The number of carbonyl (C=O) groups excluding carboxylic acids is 1. The van der Waals surface area contributed by atoms with Crippen LogP contribution in [0.25, 0.3) is 28.7 Å². The van der Waals surface area contributed by atoms with Crippen molar-refractivity contribution in [3.05, 3.63) is 133 Å². The van der Waals surface area contributed by atoms with Gasteiger partial charge in [0.15, 0.2) is 5.57 Å². The third kappa shape index (κ3) is 6.05. The number of rotatable bonds is 6. The van der Waals surface area contributed by atoms with Crippen LogP contribution < -0.4 is 20.1 Å². The number of hydrogen-bond acceptors (Lipinski definition) is 5. The molecule has 10 heteroatoms. The zero-order valence-corrected chi connectivity index (χ0v) is 22.0. The van der Waals surface area contributed by atoms with E-state index in [9.17, 15) is 28.0 Å². The number of aromatic nitrogens is 1. The van der Waals surface area contributed by atoms with Gasteiger partial charge in [-0.2, -0.15) is 18.4 Å². The molecule has 2 aromatic heterocycles. The van der Waals surface area contributed by atoms with Crippen LogP contribution in [0.15, 0.2) is 106 Å². The highest BCUT2D eigenvalue weighted by molar-refractivity contribution is 7.07. The molecule has 0 saturated carbocycles. The topological polar surface area (TPSA) is 88.0 Å². The van der Waals surface area contributed by atoms with Crippen LogP contribution in [0.4, 0.5) is 13.2 Å². The van der Waals surface area contributed by atoms with Gasteiger partial charge in [0.05, 0.1) is 15.8 Å². The van der Waals surface area contributed by atoms with E-state index in [1.54, 1.807) is 30.3 Å². The number of hydrogen-bond donors (Lipinski definition) is 1. The molecule has 5 rings (SSSR count). The second-order valence-corrected chi connectivity index (χ2v) is 9.86. The molecule has 0 radical (unpaired) electrons. The minimum Gasteiger partial charge on any atom is -0.457 e. The largest absolute Gasteiger partial charge is 0.457 e. The van der Waals surface area contributed by atoms with Gasteiger partial charge in [-0.15, -0.1) is 11.3 Å². The first kappa shape index (κ1) is 27.4. The Hall–Kier alpha value is -5.14. The summed E-state index contributed by atoms with van der Waals surface area (Å²) in [6.07, 6.45) is -3.07. The number of benzene rings is 3. The second kappa shape index (κ2) is 11.5. The van der Waals surface area contributed by atoms with E-state index < -0.39 is 23.2 Å². The summed E-state index contributed by atoms with van der Waals surface area (Å²) >= 11 is 0.935. The van der Waals surface area contributed by atoms with Crippen molar-refractivity contribution in [2.45, 2.75) is 12.7 Å². The number of carbonyl (C=O) groups is 1. The van der Waals surface area contributed by atoms with Crippen LogP contribution in [0, 0.1) is 11.3 Å². The summed E-state index contributed by atoms with van der Waals surface area (Å²) in [4.78, 5) is 26.7. The maximum Gasteiger partial charge on any atom is 0.416 e. The number of thiazole rings is 1. The molecule has 3 aromatic carbocycles. The van der Waals surface area contributed by atoms with Crippen LogP contribution in [0.3, 0.4) is 0 Å². The van der Waals surface area contributed by atoms with Gasteiger partial charge < -0.3 is 9.73 Å². The number of nitrogens with zero attached hydrogens (tertiary/aromatic N) is 2. The van der Waals surface area contributed by atoms with Crippen LogP contribution in [0.1, 0.15) is 16.9 Å². The van der Waals surface area contributed by atoms with Crippen molar-refractivity contribution < 1.29 is 22.4 Å². The summed E-state index contributed by atoms with van der Waals surface area (Å²) in [7, 11) is 0. The minimum atomic E-state index is -4.50. The lowest BCUT2D eigenvalue weighted by molar-refractivity contribution is -0.137. The predicted molar refractivity (Wildman–Crippen MR) is 149 cm³/mol. The van der Waals surface area contributed by atoms with Gasteiger partial charge in [-0.05, 0) is 42.0 Å². The zero-order chi connectivity index (χ0) is 29.0. The average molecular weight is 572 g/mol. The molecule has 0 fully saturated rings. The van der Waals surface area contributed by atoms with Crippen molar-refractivity contribution in [2.75, 3.05) is 0 Å². The molecular weight excluding hydrogens is 551 g/mol. The molecule has 0 aliphatic carbocycles. The molecule has 5 aromatic rings. The molecule has 0 saturated heterocycles. The molecule has 1 N–H and O–H groups in total. The van der Waals surface area contributed by atoms with E-state index in [2.05, 4.69) is 5.32 Å². The Morgan fingerprint density at radius 3 is 2.37 bits per heavy atom. The summed E-state index contributed by atoms with van der Waals surface area (Å²) < 4.78 is 46.8. The highest BCUT2D eigenvalue weighted by Gasteiger charge is 2.30. The van der Waals surface area contributed by atoms with Crippen LogP contribution in [0.5, 0.6) is 0 Å². The van der Waals surface area contributed by atoms with Gasteiger partial charge in [-0.1, -0.05) is 60.7 Å². The summed E-state index contributed by atoms with van der Waals surface area (Å²) in [5, 5.41) is 12.7. The standard InChI is InChI=1S/C31H20F3N3O3S/c32-31(33,34)22-11-7-10-21(16-22)26-15-14-24(40-26)17-27-29(39)37(23-12-5-2-6-13-23)30(41-27)25(18-35)28(38)36-19-20-8-3-1-4-9-20/h1-17H,19H2,(H,36,38)/b27-17+,30-25-. The zero-order valence-electron chi connectivity index (χ0n) is 21.2. The lowest BCUT2D eigenvalue weighted by Crippen LogP contribution is -2.33. The van der Waals surface area contributed by atoms with Crippen LogP contribution in [-0.4, -0.2) is 10.5 Å². The average Bonchev–Trinajstić information content (AvgIpc) is 3.57. The van der Waals surface area contributed by atoms with E-state index >= 15 is 0 Å². The van der Waals surface area contributed by atoms with Crippen LogP contribution >= 0.6 is 11.3 Å². The molecule has 6 nitrogen and oxygen atoms in total. The molecule has 0 spiro atoms. The van der Waals surface area contributed by atoms with Crippen molar-refractivity contribution in [3.8, 4) is 23.1 Å². The van der Waals surface area contributed by atoms with E-state index in [1.165, 1.54) is 34.9 Å². The molecule has 0 aliphatic heterocycles. The van der Waals surface area contributed by atoms with E-state index in [0.29, 0.717) is 5.69 Å². The predicted octanol–water partition coefficient (Wildman–Crippen LogP) is 5.00. The fraction of sp³-hybridized carbons (Fsp3) is 0.0645. The Morgan fingerprint density at radius 2 is 1.68 bits per heavy atom. The summed E-state index contributed by atoms with van der Waals surface area (Å²) in [6, 6.07) is 27.5. The Bertz CT molecular complexity index is 1930. The molecule has 2 heterocycles. The van der Waals surface area contributed by atoms with Crippen molar-refractivity contribution in [2.24, 2.45) is 0 Å². The first-order chi connectivity index (χ1) is 19.7. The monoisotopic (exact) mass is 571 g/mol. The van der Waals surface area contributed by atoms with E-state index in [1.807, 2.05) is 36.4 Å². The number of nitriles is 1. The number of nitrogens with one attached hydrogen (secondary N) is 1. The second-order valence-electron chi connectivity index (χ2n) is 8.83. The Morgan fingerprint density at radius 1 is 0.976 bits per heavy atom. The molecule has 0 atom stereocenters.